The maximum Gasteiger partial charge on any atom is 0.335 e. The highest BCUT2D eigenvalue weighted by atomic mass is 32.2. The van der Waals surface area contributed by atoms with Gasteiger partial charge < -0.3 is 38.9 Å². The van der Waals surface area contributed by atoms with Gasteiger partial charge in [0.05, 0.1) is 13.7 Å². The molecule has 1 spiro atoms. The number of carbonyl (C=O) groups excluding carboxylic acids is 2. The number of nitrogens with one attached hydrogen (secondary N) is 1. The number of rotatable bonds is 3. The molecular weight excluding hydrogens is 735 g/mol. The van der Waals surface area contributed by atoms with Crippen molar-refractivity contribution in [1.82, 2.24) is 10.2 Å². The van der Waals surface area contributed by atoms with Crippen LogP contribution in [0.4, 0.5) is 0 Å². The third-order valence-corrected chi connectivity index (χ3v) is 15.1. The Morgan fingerprint density at radius 2 is 1.91 bits per heavy atom. The largest absolute Gasteiger partial charge is 0.504 e. The summed E-state index contributed by atoms with van der Waals surface area (Å²) in [6, 6.07) is 9.54. The summed E-state index contributed by atoms with van der Waals surface area (Å²) in [7, 11) is 3.73. The summed E-state index contributed by atoms with van der Waals surface area (Å²) in [5, 5.41) is 16.4. The summed E-state index contributed by atoms with van der Waals surface area (Å²) in [6.45, 7) is 8.70. The number of furan rings is 1. The molecule has 3 aromatic carbocycles. The van der Waals surface area contributed by atoms with Gasteiger partial charge in [-0.25, -0.2) is 4.79 Å². The lowest BCUT2D eigenvalue weighted by Crippen LogP contribution is -2.62. The minimum Gasteiger partial charge on any atom is -0.504 e. The van der Waals surface area contributed by atoms with E-state index in [1.807, 2.05) is 38.1 Å². The van der Waals surface area contributed by atoms with E-state index >= 15 is 4.79 Å². The Bertz CT molecular complexity index is 2360. The molecule has 2 saturated heterocycles. The molecule has 12 nitrogen and oxygen atoms in total. The fourth-order valence-electron chi connectivity index (χ4n) is 11.8. The molecular formula is C43H47N3O9S. The average Bonchev–Trinajstić information content (AvgIpc) is 3.76. The molecule has 8 atom stereocenters. The summed E-state index contributed by atoms with van der Waals surface area (Å²) in [5.41, 5.74) is 11.5. The number of aryl methyl sites for hydroxylation is 1. The quantitative estimate of drug-likeness (QED) is 0.172. The van der Waals surface area contributed by atoms with E-state index in [9.17, 15) is 9.90 Å². The van der Waals surface area contributed by atoms with Gasteiger partial charge in [0, 0.05) is 82.2 Å². The number of nitrogens with zero attached hydrogens (tertiary/aromatic N) is 1. The first-order valence-corrected chi connectivity index (χ1v) is 20.5. The Morgan fingerprint density at radius 1 is 1.12 bits per heavy atom. The van der Waals surface area contributed by atoms with E-state index in [1.165, 1.54) is 6.92 Å². The number of phenolic OH excluding ortho intramolecular Hbond substituents is 1. The summed E-state index contributed by atoms with van der Waals surface area (Å²) in [6.07, 6.45) is 1.29. The Hall–Kier alpha value is -4.43. The lowest BCUT2D eigenvalue weighted by atomic mass is 9.54. The average molecular weight is 782 g/mol. The second-order valence-electron chi connectivity index (χ2n) is 16.9. The number of para-hydroxylation sites is 1. The van der Waals surface area contributed by atoms with Crippen LogP contribution in [0.15, 0.2) is 34.7 Å². The van der Waals surface area contributed by atoms with Crippen molar-refractivity contribution >= 4 is 34.7 Å². The molecule has 13 heteroatoms. The van der Waals surface area contributed by atoms with E-state index in [0.717, 1.165) is 45.3 Å². The number of fused-ring (bicyclic) bond motifs is 8. The van der Waals surface area contributed by atoms with E-state index in [2.05, 4.69) is 30.3 Å². The molecule has 0 saturated carbocycles. The van der Waals surface area contributed by atoms with Gasteiger partial charge in [-0.15, -0.1) is 0 Å². The fourth-order valence-corrected chi connectivity index (χ4v) is 13.5. The minimum absolute atomic E-state index is 0.0217. The maximum atomic E-state index is 15.1. The van der Waals surface area contributed by atoms with Crippen LogP contribution in [-0.4, -0.2) is 74.4 Å². The number of phenols is 1. The second-order valence-corrected chi connectivity index (χ2v) is 18.0. The number of thioether (sulfide) groups is 1. The second kappa shape index (κ2) is 12.5. The highest BCUT2D eigenvalue weighted by Gasteiger charge is 2.64. The van der Waals surface area contributed by atoms with Crippen molar-refractivity contribution in [2.75, 3.05) is 46.4 Å². The van der Waals surface area contributed by atoms with Crippen molar-refractivity contribution in [3.63, 3.8) is 0 Å². The third kappa shape index (κ3) is 4.77. The van der Waals surface area contributed by atoms with Gasteiger partial charge >= 0.3 is 11.9 Å². The van der Waals surface area contributed by atoms with Crippen LogP contribution >= 0.6 is 11.8 Å². The smallest absolute Gasteiger partial charge is 0.335 e. The van der Waals surface area contributed by atoms with Crippen molar-refractivity contribution < 1.29 is 42.8 Å². The fraction of sp³-hybridized carbons (Fsp3) is 0.488. The first-order valence-electron chi connectivity index (χ1n) is 19.4. The third-order valence-electron chi connectivity index (χ3n) is 13.6. The van der Waals surface area contributed by atoms with E-state index < -0.39 is 17.5 Å². The number of esters is 2. The first-order chi connectivity index (χ1) is 26.9. The maximum absolute atomic E-state index is 15.1. The SMILES string of the molecule is COc1c(C)cc2c(c1O)[C@H]1[C@H]3C(C4COC(=O)[C@]5(CS[C@@H]3c3c(OC(C)=O)c(C)c6c(c34)OCO6)N[C@@H](CN)Cc3c5oc4ccccc34)C(C)(C2)CN1C. The molecule has 1 aromatic heterocycles. The Kier molecular flexibility index (Phi) is 8.05. The highest BCUT2D eigenvalue weighted by molar-refractivity contribution is 7.99. The monoisotopic (exact) mass is 781 g/mol. The number of piperidine rings is 1. The zero-order valence-corrected chi connectivity index (χ0v) is 33.3. The van der Waals surface area contributed by atoms with Gasteiger partial charge in [0.25, 0.3) is 0 Å². The normalized spacial score (nSPS) is 31.3. The number of aromatic hydroxyl groups is 1. The zero-order chi connectivity index (χ0) is 39.0. The summed E-state index contributed by atoms with van der Waals surface area (Å²) in [4.78, 5) is 30.5. The van der Waals surface area contributed by atoms with Crippen molar-refractivity contribution in [2.24, 2.45) is 23.0 Å². The van der Waals surface area contributed by atoms with Crippen LogP contribution in [0.3, 0.4) is 0 Å². The van der Waals surface area contributed by atoms with Crippen LogP contribution in [0.2, 0.25) is 0 Å². The molecule has 56 heavy (non-hydrogen) atoms. The topological polar surface area (TPSA) is 155 Å². The molecule has 7 heterocycles. The Labute approximate surface area is 329 Å². The van der Waals surface area contributed by atoms with Crippen molar-refractivity contribution in [1.29, 1.82) is 0 Å². The van der Waals surface area contributed by atoms with Crippen LogP contribution in [0.25, 0.3) is 11.0 Å². The number of hydrogen-bond acceptors (Lipinski definition) is 13. The molecule has 0 radical (unpaired) electrons. The molecule has 4 bridgehead atoms. The number of hydrogen-bond donors (Lipinski definition) is 3. The van der Waals surface area contributed by atoms with Gasteiger partial charge in [0.2, 0.25) is 6.79 Å². The van der Waals surface area contributed by atoms with Gasteiger partial charge in [0.15, 0.2) is 28.5 Å². The van der Waals surface area contributed by atoms with Crippen molar-refractivity contribution in [3.8, 4) is 28.7 Å². The van der Waals surface area contributed by atoms with E-state index in [4.69, 9.17) is 33.8 Å². The summed E-state index contributed by atoms with van der Waals surface area (Å²) < 4.78 is 37.9. The molecule has 3 unspecified atom stereocenters. The van der Waals surface area contributed by atoms with Gasteiger partial charge in [-0.05, 0) is 68.2 Å². The van der Waals surface area contributed by atoms with Crippen LogP contribution in [0.5, 0.6) is 28.7 Å². The molecule has 6 aliphatic heterocycles. The van der Waals surface area contributed by atoms with Crippen LogP contribution in [0.1, 0.15) is 75.8 Å². The summed E-state index contributed by atoms with van der Waals surface area (Å²) >= 11 is 1.63. The molecule has 4 N–H and O–H groups in total. The predicted molar refractivity (Wildman–Crippen MR) is 209 cm³/mol. The standard InChI is InChI=1S/C43H47N3O9S/c1-19-11-22-13-42(4)16-46(5)33(28(22)34(48)35(19)50-6)31-32(42)26-15-51-41(49)43(40-25(12-23(14-44)45-43)24-9-7-8-10-27(24)55-40)17-56-39(31)30-29(26)38-37(52-18-53-38)20(2)36(30)54-21(3)47/h7-11,23,26,31-33,39,45,48H,12-18,44H2,1-6H3/t23-,26?,31-,32?,33+,39-,42?,43-/m1/s1. The van der Waals surface area contributed by atoms with E-state index in [-0.39, 0.29) is 65.4 Å². The van der Waals surface area contributed by atoms with Crippen LogP contribution in [0, 0.1) is 31.1 Å². The zero-order valence-electron chi connectivity index (χ0n) is 32.4. The number of methoxy groups -OCH3 is 1. The molecule has 0 amide bonds. The number of carbonyl (C=O) groups is 2. The van der Waals surface area contributed by atoms with Crippen LogP contribution < -0.4 is 30.0 Å². The first kappa shape index (κ1) is 35.9. The highest BCUT2D eigenvalue weighted by Crippen LogP contribution is 2.71. The van der Waals surface area contributed by atoms with E-state index in [1.54, 1.807) is 18.9 Å². The minimum atomic E-state index is -1.37. The number of benzene rings is 3. The lowest BCUT2D eigenvalue weighted by molar-refractivity contribution is -0.156. The Balaban J connectivity index is 1.26. The molecule has 8 aliphatic rings. The molecule has 12 rings (SSSR count). The van der Waals surface area contributed by atoms with Crippen molar-refractivity contribution in [3.05, 3.63) is 75.0 Å². The van der Waals surface area contributed by atoms with Gasteiger partial charge in [-0.2, -0.15) is 11.8 Å². The molecule has 4 aromatic rings. The van der Waals surface area contributed by atoms with Gasteiger partial charge in [-0.3, -0.25) is 15.0 Å². The van der Waals surface area contributed by atoms with Crippen LogP contribution in [-0.2, 0) is 32.7 Å². The summed E-state index contributed by atoms with van der Waals surface area (Å²) in [5.74, 6) is 1.51. The predicted octanol–water partition coefficient (Wildman–Crippen LogP) is 5.70. The molecule has 294 valence electrons. The number of ether oxygens (including phenoxy) is 5. The molecule has 2 aliphatic carbocycles. The lowest BCUT2D eigenvalue weighted by Gasteiger charge is -2.59. The van der Waals surface area contributed by atoms with Gasteiger partial charge in [0.1, 0.15) is 17.1 Å². The van der Waals surface area contributed by atoms with E-state index in [0.29, 0.717) is 59.3 Å². The van der Waals surface area contributed by atoms with Crippen molar-refractivity contribution in [2.45, 2.75) is 69.3 Å². The number of nitrogens with two attached hydrogens (primary N) is 1. The van der Waals surface area contributed by atoms with Gasteiger partial charge in [-0.1, -0.05) is 31.2 Å². The molecule has 2 fully saturated rings. The Morgan fingerprint density at radius 3 is 2.68 bits per heavy atom.